The molecular formula is C7H17N3O3S. The number of nitrogens with two attached hydrogens (primary N) is 1. The van der Waals surface area contributed by atoms with Crippen molar-refractivity contribution in [1.29, 1.82) is 0 Å². The van der Waals surface area contributed by atoms with Crippen LogP contribution in [-0.4, -0.2) is 43.1 Å². The maximum absolute atomic E-state index is 11.3. The van der Waals surface area contributed by atoms with Crippen LogP contribution in [0.25, 0.3) is 0 Å². The molecule has 7 heteroatoms. The van der Waals surface area contributed by atoms with E-state index in [1.54, 1.807) is 13.8 Å². The lowest BCUT2D eigenvalue weighted by atomic mass is 10.2. The van der Waals surface area contributed by atoms with Gasteiger partial charge >= 0.3 is 0 Å². The largest absolute Gasteiger partial charge is 0.409 e. The fourth-order valence-corrected chi connectivity index (χ4v) is 1.80. The summed E-state index contributed by atoms with van der Waals surface area (Å²) in [5.41, 5.74) is 5.33. The Morgan fingerprint density at radius 1 is 1.64 bits per heavy atom. The van der Waals surface area contributed by atoms with Crippen molar-refractivity contribution in [2.24, 2.45) is 16.8 Å². The standard InChI is InChI=1S/C7H17N3O3S/c1-4-14(12,13)10(3)5-6(2)7(8)9-11/h6,11H,4-5H2,1-3H3,(H2,8,9). The van der Waals surface area contributed by atoms with Crippen molar-refractivity contribution in [3.05, 3.63) is 0 Å². The topological polar surface area (TPSA) is 96.0 Å². The third kappa shape index (κ3) is 3.51. The SMILES string of the molecule is CCS(=O)(=O)N(C)CC(C)C(N)=NO. The Hall–Kier alpha value is -0.820. The lowest BCUT2D eigenvalue weighted by Gasteiger charge is -2.19. The van der Waals surface area contributed by atoms with E-state index >= 15 is 0 Å². The summed E-state index contributed by atoms with van der Waals surface area (Å²) in [6.45, 7) is 3.47. The van der Waals surface area contributed by atoms with Gasteiger partial charge in [-0.1, -0.05) is 12.1 Å². The van der Waals surface area contributed by atoms with Crippen LogP contribution in [0.4, 0.5) is 0 Å². The molecule has 0 radical (unpaired) electrons. The van der Waals surface area contributed by atoms with Crippen molar-refractivity contribution in [1.82, 2.24) is 4.31 Å². The Morgan fingerprint density at radius 2 is 2.14 bits per heavy atom. The molecule has 0 fully saturated rings. The summed E-state index contributed by atoms with van der Waals surface area (Å²) in [7, 11) is -1.72. The first-order valence-corrected chi connectivity index (χ1v) is 5.87. The lowest BCUT2D eigenvalue weighted by molar-refractivity contribution is 0.312. The first kappa shape index (κ1) is 13.2. The zero-order valence-electron chi connectivity index (χ0n) is 8.64. The van der Waals surface area contributed by atoms with Gasteiger partial charge in [0.2, 0.25) is 10.0 Å². The van der Waals surface area contributed by atoms with Crippen LogP contribution in [0.5, 0.6) is 0 Å². The van der Waals surface area contributed by atoms with Gasteiger partial charge in [0.15, 0.2) is 0 Å². The van der Waals surface area contributed by atoms with Crippen LogP contribution in [0.1, 0.15) is 13.8 Å². The Balaban J connectivity index is 4.41. The van der Waals surface area contributed by atoms with Gasteiger partial charge in [0.25, 0.3) is 0 Å². The summed E-state index contributed by atoms with van der Waals surface area (Å²) < 4.78 is 23.9. The van der Waals surface area contributed by atoms with Gasteiger partial charge < -0.3 is 10.9 Å². The Labute approximate surface area is 84.4 Å². The highest BCUT2D eigenvalue weighted by atomic mass is 32.2. The predicted molar refractivity (Wildman–Crippen MR) is 54.7 cm³/mol. The van der Waals surface area contributed by atoms with Crippen LogP contribution < -0.4 is 5.73 Å². The van der Waals surface area contributed by atoms with Gasteiger partial charge in [-0.2, -0.15) is 0 Å². The van der Waals surface area contributed by atoms with E-state index in [1.807, 2.05) is 0 Å². The fourth-order valence-electron chi connectivity index (χ4n) is 0.912. The maximum Gasteiger partial charge on any atom is 0.213 e. The molecule has 0 bridgehead atoms. The number of amidine groups is 1. The van der Waals surface area contributed by atoms with E-state index in [1.165, 1.54) is 11.4 Å². The second-order valence-corrected chi connectivity index (χ2v) is 5.47. The van der Waals surface area contributed by atoms with Crippen LogP contribution in [0.15, 0.2) is 5.16 Å². The first-order valence-electron chi connectivity index (χ1n) is 4.26. The number of rotatable bonds is 5. The molecule has 0 amide bonds. The lowest BCUT2D eigenvalue weighted by Crippen LogP contribution is -2.37. The van der Waals surface area contributed by atoms with Crippen LogP contribution >= 0.6 is 0 Å². The van der Waals surface area contributed by atoms with Crippen molar-refractivity contribution < 1.29 is 13.6 Å². The second-order valence-electron chi connectivity index (χ2n) is 3.11. The molecule has 0 rings (SSSR count). The van der Waals surface area contributed by atoms with E-state index in [2.05, 4.69) is 5.16 Å². The molecule has 0 aromatic rings. The highest BCUT2D eigenvalue weighted by Crippen LogP contribution is 2.03. The zero-order chi connectivity index (χ0) is 11.4. The second kappa shape index (κ2) is 5.16. The Bertz CT molecular complexity index is 299. The number of oxime groups is 1. The quantitative estimate of drug-likeness (QED) is 0.288. The van der Waals surface area contributed by atoms with Crippen molar-refractivity contribution in [3.63, 3.8) is 0 Å². The highest BCUT2D eigenvalue weighted by molar-refractivity contribution is 7.89. The molecule has 0 saturated heterocycles. The molecule has 84 valence electrons. The number of hydrogen-bond donors (Lipinski definition) is 2. The van der Waals surface area contributed by atoms with Crippen LogP contribution in [0.3, 0.4) is 0 Å². The fraction of sp³-hybridized carbons (Fsp3) is 0.857. The number of sulfonamides is 1. The van der Waals surface area contributed by atoms with Gasteiger partial charge in [-0.3, -0.25) is 0 Å². The Morgan fingerprint density at radius 3 is 2.50 bits per heavy atom. The minimum atomic E-state index is -3.19. The normalized spacial score (nSPS) is 15.9. The zero-order valence-corrected chi connectivity index (χ0v) is 9.45. The molecule has 0 aromatic heterocycles. The van der Waals surface area contributed by atoms with Gasteiger partial charge in [-0.15, -0.1) is 0 Å². The average molecular weight is 223 g/mol. The van der Waals surface area contributed by atoms with Gasteiger partial charge in [0.1, 0.15) is 5.84 Å². The molecular weight excluding hydrogens is 206 g/mol. The van der Waals surface area contributed by atoms with Crippen molar-refractivity contribution in [3.8, 4) is 0 Å². The molecule has 3 N–H and O–H groups in total. The minimum Gasteiger partial charge on any atom is -0.409 e. The predicted octanol–water partition coefficient (Wildman–Crippen LogP) is -0.350. The summed E-state index contributed by atoms with van der Waals surface area (Å²) >= 11 is 0. The van der Waals surface area contributed by atoms with E-state index in [9.17, 15) is 8.42 Å². The molecule has 1 unspecified atom stereocenters. The monoisotopic (exact) mass is 223 g/mol. The van der Waals surface area contributed by atoms with Crippen LogP contribution in [-0.2, 0) is 10.0 Å². The highest BCUT2D eigenvalue weighted by Gasteiger charge is 2.19. The third-order valence-corrected chi connectivity index (χ3v) is 3.82. The molecule has 1 atom stereocenters. The van der Waals surface area contributed by atoms with Crippen LogP contribution in [0.2, 0.25) is 0 Å². The molecule has 0 aliphatic rings. The smallest absolute Gasteiger partial charge is 0.213 e. The van der Waals surface area contributed by atoms with Gasteiger partial charge in [0.05, 0.1) is 5.75 Å². The maximum atomic E-state index is 11.3. The molecule has 0 aliphatic heterocycles. The summed E-state index contributed by atoms with van der Waals surface area (Å²) in [6.07, 6.45) is 0. The molecule has 14 heavy (non-hydrogen) atoms. The van der Waals surface area contributed by atoms with Crippen molar-refractivity contribution in [2.45, 2.75) is 13.8 Å². The molecule has 0 spiro atoms. The van der Waals surface area contributed by atoms with E-state index in [0.717, 1.165) is 0 Å². The van der Waals surface area contributed by atoms with Crippen molar-refractivity contribution >= 4 is 15.9 Å². The summed E-state index contributed by atoms with van der Waals surface area (Å²) in [4.78, 5) is 0. The van der Waals surface area contributed by atoms with Crippen molar-refractivity contribution in [2.75, 3.05) is 19.3 Å². The molecule has 0 aromatic carbocycles. The summed E-state index contributed by atoms with van der Waals surface area (Å²) in [6, 6.07) is 0. The molecule has 0 saturated carbocycles. The third-order valence-electron chi connectivity index (χ3n) is 1.99. The molecule has 0 heterocycles. The number of nitrogens with zero attached hydrogens (tertiary/aromatic N) is 2. The van der Waals surface area contributed by atoms with Gasteiger partial charge in [-0.05, 0) is 6.92 Å². The Kier molecular flexibility index (Phi) is 4.86. The minimum absolute atomic E-state index is 0.0307. The average Bonchev–Trinajstić information content (AvgIpc) is 2.16. The van der Waals surface area contributed by atoms with E-state index < -0.39 is 10.0 Å². The summed E-state index contributed by atoms with van der Waals surface area (Å²) in [5, 5.41) is 11.2. The van der Waals surface area contributed by atoms with E-state index in [-0.39, 0.29) is 24.1 Å². The van der Waals surface area contributed by atoms with E-state index in [0.29, 0.717) is 0 Å². The van der Waals surface area contributed by atoms with Gasteiger partial charge in [-0.25, -0.2) is 12.7 Å². The van der Waals surface area contributed by atoms with Gasteiger partial charge in [0, 0.05) is 19.5 Å². The van der Waals surface area contributed by atoms with Crippen LogP contribution in [0, 0.1) is 5.92 Å². The molecule has 6 nitrogen and oxygen atoms in total. The van der Waals surface area contributed by atoms with E-state index in [4.69, 9.17) is 10.9 Å². The molecule has 0 aliphatic carbocycles. The first-order chi connectivity index (χ1) is 6.35. The summed E-state index contributed by atoms with van der Waals surface area (Å²) in [5.74, 6) is -0.221. The number of hydrogen-bond acceptors (Lipinski definition) is 4.